The molecule has 4 heterocycles. The highest BCUT2D eigenvalue weighted by Crippen LogP contribution is 2.51. The average molecular weight is 477 g/mol. The Kier molecular flexibility index (Phi) is 5.57. The van der Waals surface area contributed by atoms with Gasteiger partial charge >= 0.3 is 0 Å². The SMILES string of the molecule is CC1=C(C(=O)NNC(=O)c2ccncc2)C(c2ccccn2)N2C(=N1)Sc1cccc(Cl)c12. The first kappa shape index (κ1) is 21.2. The van der Waals surface area contributed by atoms with E-state index in [9.17, 15) is 9.59 Å². The lowest BCUT2D eigenvalue weighted by molar-refractivity contribution is -0.118. The van der Waals surface area contributed by atoms with Crippen molar-refractivity contribution in [1.29, 1.82) is 0 Å². The zero-order chi connectivity index (χ0) is 22.9. The molecule has 0 aliphatic carbocycles. The first-order valence-corrected chi connectivity index (χ1v) is 11.2. The number of hydrazine groups is 1. The maximum absolute atomic E-state index is 13.4. The van der Waals surface area contributed by atoms with Gasteiger partial charge in [-0.15, -0.1) is 0 Å². The Balaban J connectivity index is 1.52. The third kappa shape index (κ3) is 3.85. The molecule has 1 aromatic carbocycles. The van der Waals surface area contributed by atoms with Crippen molar-refractivity contribution >= 4 is 46.0 Å². The molecule has 0 saturated carbocycles. The molecular weight excluding hydrogens is 460 g/mol. The van der Waals surface area contributed by atoms with Gasteiger partial charge in [0.15, 0.2) is 5.17 Å². The molecule has 10 heteroatoms. The number of halogens is 1. The number of carbonyl (C=O) groups is 2. The number of nitrogens with one attached hydrogen (secondary N) is 2. The van der Waals surface area contributed by atoms with Crippen molar-refractivity contribution in [3.63, 3.8) is 0 Å². The molecule has 2 amide bonds. The summed E-state index contributed by atoms with van der Waals surface area (Å²) in [6.07, 6.45) is 4.68. The van der Waals surface area contributed by atoms with Gasteiger partial charge in [-0.2, -0.15) is 0 Å². The molecule has 3 aromatic rings. The van der Waals surface area contributed by atoms with E-state index in [2.05, 4.69) is 25.8 Å². The van der Waals surface area contributed by atoms with Crippen LogP contribution < -0.4 is 15.8 Å². The molecule has 0 radical (unpaired) electrons. The van der Waals surface area contributed by atoms with E-state index in [4.69, 9.17) is 11.6 Å². The van der Waals surface area contributed by atoms with E-state index in [1.165, 1.54) is 24.2 Å². The van der Waals surface area contributed by atoms with Crippen LogP contribution in [0.2, 0.25) is 5.02 Å². The number of para-hydroxylation sites is 1. The average Bonchev–Trinajstić information content (AvgIpc) is 3.21. The number of benzene rings is 1. The molecule has 0 spiro atoms. The van der Waals surface area contributed by atoms with Gasteiger partial charge in [0.1, 0.15) is 6.04 Å². The van der Waals surface area contributed by atoms with Crippen LogP contribution in [-0.4, -0.2) is 26.9 Å². The van der Waals surface area contributed by atoms with E-state index in [1.54, 1.807) is 31.3 Å². The van der Waals surface area contributed by atoms with E-state index >= 15 is 0 Å². The van der Waals surface area contributed by atoms with Crippen LogP contribution in [0.15, 0.2) is 88.3 Å². The molecule has 0 fully saturated rings. The van der Waals surface area contributed by atoms with Crippen molar-refractivity contribution in [2.45, 2.75) is 17.9 Å². The number of aromatic nitrogens is 2. The predicted molar refractivity (Wildman–Crippen MR) is 127 cm³/mol. The van der Waals surface area contributed by atoms with Crippen LogP contribution in [0.1, 0.15) is 29.0 Å². The highest BCUT2D eigenvalue weighted by Gasteiger charge is 2.43. The second-order valence-electron chi connectivity index (χ2n) is 7.25. The summed E-state index contributed by atoms with van der Waals surface area (Å²) >= 11 is 8.06. The lowest BCUT2D eigenvalue weighted by atomic mass is 9.97. The van der Waals surface area contributed by atoms with Crippen LogP contribution >= 0.6 is 23.4 Å². The fraction of sp³-hybridized carbons (Fsp3) is 0.0870. The molecule has 2 aromatic heterocycles. The number of fused-ring (bicyclic) bond motifs is 3. The maximum atomic E-state index is 13.4. The fourth-order valence-corrected chi connectivity index (χ4v) is 5.21. The number of amides is 2. The smallest absolute Gasteiger partial charge is 0.269 e. The Hall–Kier alpha value is -3.69. The van der Waals surface area contributed by atoms with Gasteiger partial charge in [-0.05, 0) is 55.1 Å². The van der Waals surface area contributed by atoms with Gasteiger partial charge < -0.3 is 4.90 Å². The summed E-state index contributed by atoms with van der Waals surface area (Å²) in [5.74, 6) is -0.942. The number of hydrogen-bond acceptors (Lipinski definition) is 7. The topological polar surface area (TPSA) is 99.6 Å². The van der Waals surface area contributed by atoms with Crippen molar-refractivity contribution in [3.05, 3.63) is 94.7 Å². The number of nitrogens with zero attached hydrogens (tertiary/aromatic N) is 4. The van der Waals surface area contributed by atoms with Gasteiger partial charge in [0.05, 0.1) is 27.7 Å². The van der Waals surface area contributed by atoms with Gasteiger partial charge in [-0.3, -0.25) is 30.4 Å². The minimum Gasteiger partial charge on any atom is -0.305 e. The Morgan fingerprint density at radius 3 is 2.55 bits per heavy atom. The molecule has 5 rings (SSSR count). The normalized spacial score (nSPS) is 16.6. The molecule has 0 saturated heterocycles. The number of allylic oxidation sites excluding steroid dienone is 1. The summed E-state index contributed by atoms with van der Waals surface area (Å²) in [5, 5.41) is 1.26. The summed E-state index contributed by atoms with van der Waals surface area (Å²) in [6.45, 7) is 1.77. The van der Waals surface area contributed by atoms with Crippen LogP contribution in [0.25, 0.3) is 0 Å². The molecule has 2 aliphatic rings. The van der Waals surface area contributed by atoms with Crippen molar-refractivity contribution in [2.24, 2.45) is 4.99 Å². The molecule has 1 unspecified atom stereocenters. The van der Waals surface area contributed by atoms with Crippen molar-refractivity contribution in [1.82, 2.24) is 20.8 Å². The first-order chi connectivity index (χ1) is 16.0. The van der Waals surface area contributed by atoms with Crippen LogP contribution in [0.4, 0.5) is 5.69 Å². The van der Waals surface area contributed by atoms with Crippen molar-refractivity contribution in [3.8, 4) is 0 Å². The number of anilines is 1. The van der Waals surface area contributed by atoms with Crippen LogP contribution in [0.3, 0.4) is 0 Å². The van der Waals surface area contributed by atoms with Crippen molar-refractivity contribution in [2.75, 3.05) is 4.90 Å². The molecule has 33 heavy (non-hydrogen) atoms. The zero-order valence-corrected chi connectivity index (χ0v) is 18.9. The highest BCUT2D eigenvalue weighted by molar-refractivity contribution is 8.14. The van der Waals surface area contributed by atoms with E-state index in [0.29, 0.717) is 32.7 Å². The summed E-state index contributed by atoms with van der Waals surface area (Å²) in [4.78, 5) is 41.7. The van der Waals surface area contributed by atoms with E-state index < -0.39 is 17.9 Å². The molecule has 1 atom stereocenters. The number of hydrogen-bond donors (Lipinski definition) is 2. The summed E-state index contributed by atoms with van der Waals surface area (Å²) < 4.78 is 0. The minimum atomic E-state index is -0.579. The molecule has 164 valence electrons. The van der Waals surface area contributed by atoms with Crippen molar-refractivity contribution < 1.29 is 9.59 Å². The lowest BCUT2D eigenvalue weighted by Gasteiger charge is -2.34. The van der Waals surface area contributed by atoms with Gasteiger partial charge in [0.2, 0.25) is 0 Å². The second kappa shape index (κ2) is 8.68. The molecule has 0 bridgehead atoms. The number of aliphatic imine (C=N–C) groups is 1. The zero-order valence-electron chi connectivity index (χ0n) is 17.3. The monoisotopic (exact) mass is 476 g/mol. The number of pyridine rings is 2. The van der Waals surface area contributed by atoms with E-state index in [0.717, 1.165) is 10.6 Å². The summed E-state index contributed by atoms with van der Waals surface area (Å²) in [6, 6.07) is 13.7. The minimum absolute atomic E-state index is 0.362. The Bertz CT molecular complexity index is 1310. The maximum Gasteiger partial charge on any atom is 0.269 e. The van der Waals surface area contributed by atoms with Gasteiger partial charge in [-0.1, -0.05) is 23.7 Å². The number of rotatable bonds is 3. The van der Waals surface area contributed by atoms with Gasteiger partial charge in [0.25, 0.3) is 11.8 Å². The van der Waals surface area contributed by atoms with Gasteiger partial charge in [-0.25, -0.2) is 4.99 Å². The number of thioether (sulfide) groups is 1. The molecule has 2 N–H and O–H groups in total. The fourth-order valence-electron chi connectivity index (χ4n) is 3.76. The largest absolute Gasteiger partial charge is 0.305 e. The molecular formula is C23H17ClN6O2S. The van der Waals surface area contributed by atoms with E-state index in [-0.39, 0.29) is 0 Å². The highest BCUT2D eigenvalue weighted by atomic mass is 35.5. The van der Waals surface area contributed by atoms with E-state index in [1.807, 2.05) is 35.2 Å². The molecule has 2 aliphatic heterocycles. The standard InChI is InChI=1S/C23H17ClN6O2S/c1-13-18(22(32)29-28-21(31)14-8-11-25-12-9-14)20(16-6-2-3-10-26-16)30-19-15(24)5-4-7-17(19)33-23(30)27-13/h2-12,20H,1H3,(H,28,31)(H,29,32). The molecule has 8 nitrogen and oxygen atoms in total. The Morgan fingerprint density at radius 1 is 1.00 bits per heavy atom. The van der Waals surface area contributed by atoms with Crippen LogP contribution in [-0.2, 0) is 4.79 Å². The first-order valence-electron chi connectivity index (χ1n) is 10.0. The summed E-state index contributed by atoms with van der Waals surface area (Å²) in [7, 11) is 0. The summed E-state index contributed by atoms with van der Waals surface area (Å²) in [5.41, 5.74) is 7.68. The van der Waals surface area contributed by atoms with Gasteiger partial charge in [0, 0.05) is 29.0 Å². The number of carbonyl (C=O) groups excluding carboxylic acids is 2. The number of amidine groups is 1. The third-order valence-corrected chi connectivity index (χ3v) is 6.55. The van der Waals surface area contributed by atoms with Crippen LogP contribution in [0.5, 0.6) is 0 Å². The Morgan fingerprint density at radius 2 is 1.79 bits per heavy atom. The predicted octanol–water partition coefficient (Wildman–Crippen LogP) is 3.89. The third-order valence-electron chi connectivity index (χ3n) is 5.23. The lowest BCUT2D eigenvalue weighted by Crippen LogP contribution is -2.46. The second-order valence-corrected chi connectivity index (χ2v) is 8.67. The quantitative estimate of drug-likeness (QED) is 0.556. The Labute approximate surface area is 198 Å². The van der Waals surface area contributed by atoms with Crippen LogP contribution in [0, 0.1) is 0 Å².